The van der Waals surface area contributed by atoms with Gasteiger partial charge in [0.05, 0.1) is 0 Å². The number of phenols is 1. The van der Waals surface area contributed by atoms with Crippen molar-refractivity contribution in [1.82, 2.24) is 0 Å². The highest BCUT2D eigenvalue weighted by Gasteiger charge is 2.53. The number of halogens is 2. The summed E-state index contributed by atoms with van der Waals surface area (Å²) in [5, 5.41) is 9.32. The maximum absolute atomic E-state index is 13.8. The van der Waals surface area contributed by atoms with Crippen LogP contribution in [0.2, 0.25) is 0 Å². The smallest absolute Gasteiger partial charge is 0.303 e. The maximum Gasteiger partial charge on any atom is 0.303 e. The van der Waals surface area contributed by atoms with Gasteiger partial charge in [-0.25, -0.2) is 8.78 Å². The fourth-order valence-corrected chi connectivity index (χ4v) is 3.88. The summed E-state index contributed by atoms with van der Waals surface area (Å²) in [5.41, 5.74) is 0.517. The third kappa shape index (κ3) is 7.63. The number of aromatic hydroxyl groups is 1. The van der Waals surface area contributed by atoms with Gasteiger partial charge >= 0.3 is 23.9 Å². The zero-order chi connectivity index (χ0) is 28.9. The summed E-state index contributed by atoms with van der Waals surface area (Å²) >= 11 is 0. The molecule has 11 nitrogen and oxygen atoms in total. The average Bonchev–Trinajstić information content (AvgIpc) is 2.84. The lowest BCUT2D eigenvalue weighted by molar-refractivity contribution is -0.288. The first kappa shape index (κ1) is 29.3. The second-order valence-corrected chi connectivity index (χ2v) is 8.50. The van der Waals surface area contributed by atoms with Gasteiger partial charge in [0.15, 0.2) is 29.6 Å². The minimum Gasteiger partial charge on any atom is -0.503 e. The zero-order valence-electron chi connectivity index (χ0n) is 21.3. The molecule has 2 aromatic rings. The number of benzene rings is 2. The Bertz CT molecular complexity index is 1210. The summed E-state index contributed by atoms with van der Waals surface area (Å²) in [6.45, 7) is 4.02. The normalized spacial score (nSPS) is 22.4. The number of esters is 4. The molecule has 1 aliphatic rings. The quantitative estimate of drug-likeness (QED) is 0.381. The fourth-order valence-electron chi connectivity index (χ4n) is 3.88. The Balaban J connectivity index is 1.94. The van der Waals surface area contributed by atoms with E-state index in [0.29, 0.717) is 5.56 Å². The van der Waals surface area contributed by atoms with Gasteiger partial charge in [-0.3, -0.25) is 19.2 Å². The summed E-state index contributed by atoms with van der Waals surface area (Å²) in [7, 11) is 0. The van der Waals surface area contributed by atoms with Crippen LogP contribution in [-0.2, 0) is 42.9 Å². The maximum atomic E-state index is 13.8. The molecule has 1 saturated heterocycles. The van der Waals surface area contributed by atoms with E-state index in [-0.39, 0.29) is 11.3 Å². The van der Waals surface area contributed by atoms with Crippen LogP contribution in [0.3, 0.4) is 0 Å². The van der Waals surface area contributed by atoms with Crippen LogP contribution in [0.4, 0.5) is 8.78 Å². The molecular weight excluding hydrogens is 526 g/mol. The van der Waals surface area contributed by atoms with Crippen LogP contribution in [0.15, 0.2) is 36.4 Å². The summed E-state index contributed by atoms with van der Waals surface area (Å²) in [4.78, 5) is 47.1. The van der Waals surface area contributed by atoms with Crippen molar-refractivity contribution in [2.24, 2.45) is 0 Å². The Kier molecular flexibility index (Phi) is 9.41. The first-order valence-corrected chi connectivity index (χ1v) is 11.6. The van der Waals surface area contributed by atoms with Gasteiger partial charge in [0.2, 0.25) is 12.4 Å². The molecule has 1 heterocycles. The van der Waals surface area contributed by atoms with Crippen LogP contribution in [-0.4, -0.2) is 66.3 Å². The van der Waals surface area contributed by atoms with Gasteiger partial charge in [-0.2, -0.15) is 0 Å². The molecule has 5 atom stereocenters. The van der Waals surface area contributed by atoms with Crippen molar-refractivity contribution in [2.75, 3.05) is 6.61 Å². The molecular formula is C26H26F2O11. The first-order valence-electron chi connectivity index (χ1n) is 11.6. The summed E-state index contributed by atoms with van der Waals surface area (Å²) in [6.07, 6.45) is -6.81. The Labute approximate surface area is 221 Å². The van der Waals surface area contributed by atoms with Gasteiger partial charge in [0.25, 0.3) is 0 Å². The Hall–Kier alpha value is -4.26. The van der Waals surface area contributed by atoms with Gasteiger partial charge in [0, 0.05) is 27.7 Å². The fraction of sp³-hybridized carbons (Fsp3) is 0.385. The van der Waals surface area contributed by atoms with Crippen molar-refractivity contribution in [3.8, 4) is 22.6 Å². The standard InChI is InChI=1S/C26H26F2O11/c1-12(29)34-11-21-23(35-13(2)30)24(36-14(3)31)25(37-15(4)32)26(39-21)38-18-7-5-16(6-8-18)17-9-19(27)22(33)20(28)10-17/h5-10,21,23-26,33H,11H2,1-4H3/t21-,23-,24+,25+,26+/m1/s1. The van der Waals surface area contributed by atoms with Crippen LogP contribution >= 0.6 is 0 Å². The van der Waals surface area contributed by atoms with Gasteiger partial charge < -0.3 is 33.5 Å². The Morgan fingerprint density at radius 3 is 1.79 bits per heavy atom. The Morgan fingerprint density at radius 2 is 1.28 bits per heavy atom. The van der Waals surface area contributed by atoms with E-state index in [1.54, 1.807) is 0 Å². The predicted molar refractivity (Wildman–Crippen MR) is 126 cm³/mol. The first-order chi connectivity index (χ1) is 18.3. The molecule has 0 aromatic heterocycles. The van der Waals surface area contributed by atoms with Gasteiger partial charge in [-0.1, -0.05) is 12.1 Å². The molecule has 0 radical (unpaired) electrons. The summed E-state index contributed by atoms with van der Waals surface area (Å²) in [5.74, 6) is -6.25. The van der Waals surface area contributed by atoms with Crippen molar-refractivity contribution in [3.63, 3.8) is 0 Å². The summed E-state index contributed by atoms with van der Waals surface area (Å²) < 4.78 is 60.3. The molecule has 1 N–H and O–H groups in total. The molecule has 2 aromatic carbocycles. The Morgan fingerprint density at radius 1 is 0.769 bits per heavy atom. The van der Waals surface area contributed by atoms with E-state index in [9.17, 15) is 33.1 Å². The molecule has 1 aliphatic heterocycles. The van der Waals surface area contributed by atoms with E-state index in [1.807, 2.05) is 0 Å². The number of hydrogen-bond donors (Lipinski definition) is 1. The SMILES string of the molecule is CC(=O)OC[C@H]1O[C@H](Oc2ccc(-c3cc(F)c(O)c(F)c3)cc2)[C@@H](OC(C)=O)[C@@H](OC(C)=O)[C@@H]1OC(C)=O. The number of carbonyl (C=O) groups is 4. The lowest BCUT2D eigenvalue weighted by Gasteiger charge is -2.43. The minimum atomic E-state index is -1.44. The number of hydrogen-bond acceptors (Lipinski definition) is 11. The van der Waals surface area contributed by atoms with E-state index >= 15 is 0 Å². The molecule has 0 aliphatic carbocycles. The molecule has 0 amide bonds. The van der Waals surface area contributed by atoms with E-state index in [1.165, 1.54) is 24.3 Å². The second kappa shape index (κ2) is 12.5. The molecule has 0 unspecified atom stereocenters. The largest absolute Gasteiger partial charge is 0.503 e. The van der Waals surface area contributed by atoms with Gasteiger partial charge in [-0.15, -0.1) is 0 Å². The van der Waals surface area contributed by atoms with Crippen LogP contribution < -0.4 is 4.74 Å². The average molecular weight is 552 g/mol. The lowest BCUT2D eigenvalue weighted by Crippen LogP contribution is -2.63. The number of carbonyl (C=O) groups excluding carboxylic acids is 4. The predicted octanol–water partition coefficient (Wildman–Crippen LogP) is 2.80. The molecule has 39 heavy (non-hydrogen) atoms. The highest BCUT2D eigenvalue weighted by Crippen LogP contribution is 2.33. The van der Waals surface area contributed by atoms with Crippen LogP contribution in [0.5, 0.6) is 11.5 Å². The zero-order valence-corrected chi connectivity index (χ0v) is 21.3. The molecule has 1 fully saturated rings. The highest BCUT2D eigenvalue weighted by atomic mass is 19.1. The lowest BCUT2D eigenvalue weighted by atomic mass is 9.98. The molecule has 3 rings (SSSR count). The molecule has 0 spiro atoms. The molecule has 0 bridgehead atoms. The number of rotatable bonds is 8. The second-order valence-electron chi connectivity index (χ2n) is 8.50. The monoisotopic (exact) mass is 552 g/mol. The number of ether oxygens (including phenoxy) is 6. The topological polar surface area (TPSA) is 144 Å². The van der Waals surface area contributed by atoms with Crippen molar-refractivity contribution in [3.05, 3.63) is 48.0 Å². The van der Waals surface area contributed by atoms with Gasteiger partial charge in [0.1, 0.15) is 18.5 Å². The van der Waals surface area contributed by atoms with Crippen molar-refractivity contribution in [2.45, 2.75) is 58.4 Å². The van der Waals surface area contributed by atoms with Crippen molar-refractivity contribution >= 4 is 23.9 Å². The van der Waals surface area contributed by atoms with E-state index in [0.717, 1.165) is 39.8 Å². The number of phenolic OH excluding ortho intramolecular Hbond substituents is 1. The van der Waals surface area contributed by atoms with E-state index in [4.69, 9.17) is 28.4 Å². The minimum absolute atomic E-state index is 0.138. The molecule has 13 heteroatoms. The third-order valence-corrected chi connectivity index (χ3v) is 5.40. The van der Waals surface area contributed by atoms with Crippen molar-refractivity contribution in [1.29, 1.82) is 0 Å². The van der Waals surface area contributed by atoms with Gasteiger partial charge in [-0.05, 0) is 35.4 Å². The molecule has 0 saturated carbocycles. The third-order valence-electron chi connectivity index (χ3n) is 5.40. The van der Waals surface area contributed by atoms with Crippen LogP contribution in [0.25, 0.3) is 11.1 Å². The van der Waals surface area contributed by atoms with Crippen LogP contribution in [0, 0.1) is 11.6 Å². The van der Waals surface area contributed by atoms with E-state index < -0.39 is 78.6 Å². The van der Waals surface area contributed by atoms with Crippen LogP contribution in [0.1, 0.15) is 27.7 Å². The highest BCUT2D eigenvalue weighted by molar-refractivity contribution is 5.69. The van der Waals surface area contributed by atoms with Crippen molar-refractivity contribution < 1.29 is 61.5 Å². The summed E-state index contributed by atoms with van der Waals surface area (Å²) in [6, 6.07) is 7.68. The molecule has 210 valence electrons. The van der Waals surface area contributed by atoms with E-state index in [2.05, 4.69) is 0 Å².